The van der Waals surface area contributed by atoms with E-state index < -0.39 is 0 Å². The number of hydrogen-bond donors (Lipinski definition) is 1. The van der Waals surface area contributed by atoms with Crippen LogP contribution in [0.2, 0.25) is 5.02 Å². The molecule has 0 radical (unpaired) electrons. The molecule has 1 aromatic carbocycles. The van der Waals surface area contributed by atoms with E-state index in [0.717, 1.165) is 4.47 Å². The van der Waals surface area contributed by atoms with E-state index >= 15 is 0 Å². The fourth-order valence-electron chi connectivity index (χ4n) is 0.774. The van der Waals surface area contributed by atoms with E-state index in [2.05, 4.69) is 26.5 Å². The molecule has 1 N–H and O–H groups in total. The summed E-state index contributed by atoms with van der Waals surface area (Å²) in [5.74, 6) is 0. The molecule has 15 heavy (non-hydrogen) atoms. The van der Waals surface area contributed by atoms with Crippen molar-refractivity contribution in [3.8, 4) is 12.1 Å². The number of halogens is 2. The van der Waals surface area contributed by atoms with Gasteiger partial charge in [0, 0.05) is 9.50 Å². The first-order valence-corrected chi connectivity index (χ1v) is 4.93. The summed E-state index contributed by atoms with van der Waals surface area (Å²) in [4.78, 5) is 0. The number of anilines is 1. The predicted molar refractivity (Wildman–Crippen MR) is 61.4 cm³/mol. The Kier molecular flexibility index (Phi) is 4.11. The Hall–Kier alpha value is -1.56. The van der Waals surface area contributed by atoms with Crippen molar-refractivity contribution < 1.29 is 0 Å². The monoisotopic (exact) mass is 282 g/mol. The molecule has 1 aromatic rings. The molecule has 0 aromatic heterocycles. The van der Waals surface area contributed by atoms with Gasteiger partial charge in [-0.15, -0.1) is 0 Å². The molecular formula is C9H4BrClN4. The van der Waals surface area contributed by atoms with Crippen molar-refractivity contribution in [1.29, 1.82) is 10.5 Å². The molecule has 0 atom stereocenters. The average Bonchev–Trinajstić information content (AvgIpc) is 2.24. The van der Waals surface area contributed by atoms with E-state index in [4.69, 9.17) is 22.1 Å². The van der Waals surface area contributed by atoms with Gasteiger partial charge in [0.05, 0.1) is 5.69 Å². The Morgan fingerprint density at radius 2 is 2.07 bits per heavy atom. The van der Waals surface area contributed by atoms with Crippen LogP contribution in [0.5, 0.6) is 0 Å². The van der Waals surface area contributed by atoms with Crippen molar-refractivity contribution >= 4 is 38.9 Å². The van der Waals surface area contributed by atoms with E-state index in [1.807, 2.05) is 0 Å². The number of benzene rings is 1. The Labute approximate surface area is 99.9 Å². The largest absolute Gasteiger partial charge is 0.275 e. The number of nitrogens with zero attached hydrogens (tertiary/aromatic N) is 3. The van der Waals surface area contributed by atoms with Crippen molar-refractivity contribution in [2.45, 2.75) is 0 Å². The predicted octanol–water partition coefficient (Wildman–Crippen LogP) is 2.92. The molecule has 0 heterocycles. The van der Waals surface area contributed by atoms with Gasteiger partial charge < -0.3 is 0 Å². The minimum Gasteiger partial charge on any atom is -0.275 e. The lowest BCUT2D eigenvalue weighted by Crippen LogP contribution is -1.96. The van der Waals surface area contributed by atoms with Gasteiger partial charge in [0.25, 0.3) is 0 Å². The Bertz CT molecular complexity index is 468. The maximum absolute atomic E-state index is 8.45. The van der Waals surface area contributed by atoms with E-state index in [1.165, 1.54) is 0 Å². The molecule has 0 saturated carbocycles. The summed E-state index contributed by atoms with van der Waals surface area (Å²) >= 11 is 9.03. The number of rotatable bonds is 2. The molecule has 0 aliphatic carbocycles. The molecule has 0 fully saturated rings. The molecule has 4 nitrogen and oxygen atoms in total. The highest BCUT2D eigenvalue weighted by molar-refractivity contribution is 9.10. The van der Waals surface area contributed by atoms with Gasteiger partial charge in [0.1, 0.15) is 12.1 Å². The molecule has 0 amide bonds. The molecule has 6 heteroatoms. The molecule has 0 aliphatic heterocycles. The van der Waals surface area contributed by atoms with Crippen LogP contribution in [-0.2, 0) is 0 Å². The van der Waals surface area contributed by atoms with Crippen molar-refractivity contribution in [2.75, 3.05) is 5.43 Å². The standard InChI is InChI=1S/C9H4BrClN4/c10-8-2-1-6(11)3-9(8)15-14-7(4-12)5-13/h1-3,15H. The summed E-state index contributed by atoms with van der Waals surface area (Å²) < 4.78 is 0.742. The zero-order valence-electron chi connectivity index (χ0n) is 7.33. The Morgan fingerprint density at radius 3 is 2.67 bits per heavy atom. The van der Waals surface area contributed by atoms with E-state index in [0.29, 0.717) is 10.7 Å². The number of nitrogens with one attached hydrogen (secondary N) is 1. The molecule has 0 saturated heterocycles. The van der Waals surface area contributed by atoms with E-state index in [-0.39, 0.29) is 5.71 Å². The molecular weight excluding hydrogens is 279 g/mol. The van der Waals surface area contributed by atoms with Crippen molar-refractivity contribution in [2.24, 2.45) is 5.10 Å². The lowest BCUT2D eigenvalue weighted by Gasteiger charge is -2.02. The summed E-state index contributed by atoms with van der Waals surface area (Å²) in [5, 5.41) is 21.0. The van der Waals surface area contributed by atoms with Crippen molar-refractivity contribution in [3.63, 3.8) is 0 Å². The zero-order chi connectivity index (χ0) is 11.3. The summed E-state index contributed by atoms with van der Waals surface area (Å²) in [6.45, 7) is 0. The molecule has 0 unspecified atom stereocenters. The first-order chi connectivity index (χ1) is 7.17. The van der Waals surface area contributed by atoms with Gasteiger partial charge in [-0.25, -0.2) is 0 Å². The third-order valence-electron chi connectivity index (χ3n) is 1.43. The molecule has 0 aliphatic rings. The number of hydrogen-bond acceptors (Lipinski definition) is 4. The van der Waals surface area contributed by atoms with E-state index in [1.54, 1.807) is 30.3 Å². The lowest BCUT2D eigenvalue weighted by molar-refractivity contribution is 1.33. The van der Waals surface area contributed by atoms with Gasteiger partial charge in [-0.05, 0) is 34.1 Å². The van der Waals surface area contributed by atoms with Crippen molar-refractivity contribution in [3.05, 3.63) is 27.7 Å². The highest BCUT2D eigenvalue weighted by Gasteiger charge is 2.00. The maximum Gasteiger partial charge on any atom is 0.237 e. The normalized spacial score (nSPS) is 8.53. The average molecular weight is 284 g/mol. The SMILES string of the molecule is N#CC(C#N)=NNc1cc(Cl)ccc1Br. The second kappa shape index (κ2) is 5.35. The minimum atomic E-state index is -0.248. The van der Waals surface area contributed by atoms with Gasteiger partial charge in [-0.2, -0.15) is 15.6 Å². The highest BCUT2D eigenvalue weighted by atomic mass is 79.9. The second-order valence-electron chi connectivity index (χ2n) is 2.42. The third kappa shape index (κ3) is 3.25. The molecule has 74 valence electrons. The smallest absolute Gasteiger partial charge is 0.237 e. The van der Waals surface area contributed by atoms with Gasteiger partial charge in [-0.1, -0.05) is 11.6 Å². The molecule has 0 spiro atoms. The quantitative estimate of drug-likeness (QED) is 0.670. The maximum atomic E-state index is 8.45. The highest BCUT2D eigenvalue weighted by Crippen LogP contribution is 2.25. The fraction of sp³-hybridized carbons (Fsp3) is 0. The summed E-state index contributed by atoms with van der Waals surface area (Å²) in [6.07, 6.45) is 0. The molecule has 0 bridgehead atoms. The summed E-state index contributed by atoms with van der Waals surface area (Å²) in [5.41, 5.74) is 2.91. The zero-order valence-corrected chi connectivity index (χ0v) is 9.67. The first kappa shape index (κ1) is 11.5. The topological polar surface area (TPSA) is 72.0 Å². The Morgan fingerprint density at radius 1 is 1.40 bits per heavy atom. The lowest BCUT2D eigenvalue weighted by atomic mass is 10.3. The van der Waals surface area contributed by atoms with Crippen molar-refractivity contribution in [1.82, 2.24) is 0 Å². The van der Waals surface area contributed by atoms with Crippen LogP contribution >= 0.6 is 27.5 Å². The van der Waals surface area contributed by atoms with Crippen LogP contribution in [0, 0.1) is 22.7 Å². The Balaban J connectivity index is 2.92. The van der Waals surface area contributed by atoms with Gasteiger partial charge >= 0.3 is 0 Å². The molecule has 1 rings (SSSR count). The second-order valence-corrected chi connectivity index (χ2v) is 3.71. The van der Waals surface area contributed by atoms with E-state index in [9.17, 15) is 0 Å². The van der Waals surface area contributed by atoms with Crippen LogP contribution in [0.25, 0.3) is 0 Å². The van der Waals surface area contributed by atoms with Crippen LogP contribution in [0.4, 0.5) is 5.69 Å². The first-order valence-electron chi connectivity index (χ1n) is 3.76. The minimum absolute atomic E-state index is 0.248. The van der Waals surface area contributed by atoms with Crippen LogP contribution in [-0.4, -0.2) is 5.71 Å². The number of nitriles is 2. The summed E-state index contributed by atoms with van der Waals surface area (Å²) in [6, 6.07) is 8.33. The summed E-state index contributed by atoms with van der Waals surface area (Å²) in [7, 11) is 0. The third-order valence-corrected chi connectivity index (χ3v) is 2.35. The fourth-order valence-corrected chi connectivity index (χ4v) is 1.28. The van der Waals surface area contributed by atoms with Crippen LogP contribution in [0.15, 0.2) is 27.8 Å². The van der Waals surface area contributed by atoms with Gasteiger partial charge in [-0.3, -0.25) is 5.43 Å². The van der Waals surface area contributed by atoms with Gasteiger partial charge in [0.15, 0.2) is 0 Å². The van der Waals surface area contributed by atoms with Crippen LogP contribution in [0.1, 0.15) is 0 Å². The number of hydrazone groups is 1. The van der Waals surface area contributed by atoms with Crippen LogP contribution in [0.3, 0.4) is 0 Å². The van der Waals surface area contributed by atoms with Gasteiger partial charge in [0.2, 0.25) is 5.71 Å². The van der Waals surface area contributed by atoms with Crippen LogP contribution < -0.4 is 5.43 Å².